The van der Waals surface area contributed by atoms with E-state index in [0.717, 1.165) is 5.56 Å². The molecule has 0 aliphatic carbocycles. The van der Waals surface area contributed by atoms with Crippen LogP contribution in [0.4, 0.5) is 5.82 Å². The largest absolute Gasteiger partial charge is 0.493 e. The van der Waals surface area contributed by atoms with Gasteiger partial charge in [-0.2, -0.15) is 0 Å². The predicted molar refractivity (Wildman–Crippen MR) is 132 cm³/mol. The maximum atomic E-state index is 13.1. The van der Waals surface area contributed by atoms with Crippen LogP contribution in [0.25, 0.3) is 22.2 Å². The van der Waals surface area contributed by atoms with E-state index in [1.807, 2.05) is 50.2 Å². The Labute approximate surface area is 197 Å². The Morgan fingerprint density at radius 1 is 1.03 bits per heavy atom. The molecule has 9 heteroatoms. The van der Waals surface area contributed by atoms with Crippen LogP contribution in [0.1, 0.15) is 29.8 Å². The first-order valence-corrected chi connectivity index (χ1v) is 11.0. The molecular formula is C25H29N5O4. The van der Waals surface area contributed by atoms with Crippen molar-refractivity contribution in [1.82, 2.24) is 19.9 Å². The van der Waals surface area contributed by atoms with Gasteiger partial charge in [0, 0.05) is 6.54 Å². The number of hydrogen-bond acceptors (Lipinski definition) is 7. The van der Waals surface area contributed by atoms with Crippen LogP contribution in [-0.2, 0) is 6.54 Å². The van der Waals surface area contributed by atoms with Crippen molar-refractivity contribution in [3.8, 4) is 17.2 Å². The molecule has 0 fully saturated rings. The summed E-state index contributed by atoms with van der Waals surface area (Å²) in [7, 11) is 4.69. The molecule has 0 saturated carbocycles. The first-order chi connectivity index (χ1) is 16.4. The number of hydrogen-bond donors (Lipinski definition) is 2. The molecule has 2 aromatic carbocycles. The highest BCUT2D eigenvalue weighted by Gasteiger charge is 2.25. The highest BCUT2D eigenvalue weighted by Crippen LogP contribution is 2.39. The molecule has 0 aliphatic rings. The number of amides is 1. The maximum absolute atomic E-state index is 13.1. The van der Waals surface area contributed by atoms with Crippen LogP contribution in [-0.4, -0.2) is 48.3 Å². The van der Waals surface area contributed by atoms with Gasteiger partial charge in [-0.25, -0.2) is 9.97 Å². The monoisotopic (exact) mass is 463 g/mol. The minimum Gasteiger partial charge on any atom is -0.493 e. The predicted octanol–water partition coefficient (Wildman–Crippen LogP) is 3.63. The van der Waals surface area contributed by atoms with Crippen molar-refractivity contribution in [2.45, 2.75) is 20.4 Å². The number of carbonyl (C=O) groups is 1. The van der Waals surface area contributed by atoms with Crippen molar-refractivity contribution in [3.05, 3.63) is 47.5 Å². The van der Waals surface area contributed by atoms with Crippen molar-refractivity contribution in [3.63, 3.8) is 0 Å². The lowest BCUT2D eigenvalue weighted by Crippen LogP contribution is -2.28. The van der Waals surface area contributed by atoms with Gasteiger partial charge in [-0.3, -0.25) is 4.79 Å². The van der Waals surface area contributed by atoms with E-state index in [1.54, 1.807) is 25.9 Å². The van der Waals surface area contributed by atoms with E-state index in [2.05, 4.69) is 5.32 Å². The number of carbonyl (C=O) groups excluding carboxylic acids is 1. The van der Waals surface area contributed by atoms with E-state index in [0.29, 0.717) is 69.8 Å². The van der Waals surface area contributed by atoms with E-state index in [-0.39, 0.29) is 5.91 Å². The lowest BCUT2D eigenvalue weighted by molar-refractivity contribution is 0.0951. The molecule has 4 rings (SSSR count). The van der Waals surface area contributed by atoms with E-state index < -0.39 is 0 Å². The Kier molecular flexibility index (Phi) is 6.45. The second-order valence-electron chi connectivity index (χ2n) is 8.37. The standard InChI is InChI=1S/C25H29N5O4/c1-14(2)12-27-25(31)20-21-24(29-17-9-7-6-8-16(17)28-21)30(23(20)26)13-15-10-18(32-3)22(34-5)19(11-15)33-4/h6-11,14H,12-13,26H2,1-5H3,(H,27,31). The molecule has 9 nitrogen and oxygen atoms in total. The quantitative estimate of drug-likeness (QED) is 0.410. The van der Waals surface area contributed by atoms with Gasteiger partial charge in [0.1, 0.15) is 16.9 Å². The molecule has 0 unspecified atom stereocenters. The molecule has 0 spiro atoms. The highest BCUT2D eigenvalue weighted by molar-refractivity contribution is 6.10. The number of methoxy groups -OCH3 is 3. The summed E-state index contributed by atoms with van der Waals surface area (Å²) in [5.74, 6) is 1.87. The number of nitrogen functional groups attached to an aromatic ring is 1. The zero-order valence-electron chi connectivity index (χ0n) is 20.0. The van der Waals surface area contributed by atoms with Gasteiger partial charge in [0.05, 0.1) is 38.9 Å². The average molecular weight is 464 g/mol. The summed E-state index contributed by atoms with van der Waals surface area (Å²) < 4.78 is 18.2. The van der Waals surface area contributed by atoms with Crippen molar-refractivity contribution in [1.29, 1.82) is 0 Å². The van der Waals surface area contributed by atoms with Crippen LogP contribution in [0.2, 0.25) is 0 Å². The molecule has 2 aromatic heterocycles. The summed E-state index contributed by atoms with van der Waals surface area (Å²) >= 11 is 0. The number of nitrogens with two attached hydrogens (primary N) is 1. The van der Waals surface area contributed by atoms with Crippen LogP contribution < -0.4 is 25.3 Å². The lowest BCUT2D eigenvalue weighted by atomic mass is 10.1. The van der Waals surface area contributed by atoms with Crippen molar-refractivity contribution in [2.24, 2.45) is 5.92 Å². The number of benzene rings is 2. The summed E-state index contributed by atoms with van der Waals surface area (Å²) in [5, 5.41) is 2.95. The molecule has 0 atom stereocenters. The molecule has 0 aliphatic heterocycles. The Bertz CT molecular complexity index is 1340. The summed E-state index contributed by atoms with van der Waals surface area (Å²) in [5.41, 5.74) is 10.1. The van der Waals surface area contributed by atoms with Gasteiger partial charge in [0.2, 0.25) is 5.75 Å². The number of aromatic nitrogens is 3. The minimum atomic E-state index is -0.274. The topological polar surface area (TPSA) is 114 Å². The van der Waals surface area contributed by atoms with Crippen molar-refractivity contribution < 1.29 is 19.0 Å². The van der Waals surface area contributed by atoms with Gasteiger partial charge in [0.15, 0.2) is 17.1 Å². The molecular weight excluding hydrogens is 434 g/mol. The molecule has 2 heterocycles. The molecule has 4 aromatic rings. The lowest BCUT2D eigenvalue weighted by Gasteiger charge is -2.15. The third-order valence-corrected chi connectivity index (χ3v) is 5.55. The smallest absolute Gasteiger partial charge is 0.257 e. The second kappa shape index (κ2) is 9.46. The normalized spacial score (nSPS) is 11.2. The first-order valence-electron chi connectivity index (χ1n) is 11.0. The van der Waals surface area contributed by atoms with Gasteiger partial charge < -0.3 is 29.8 Å². The number of ether oxygens (including phenoxy) is 3. The van der Waals surface area contributed by atoms with Gasteiger partial charge >= 0.3 is 0 Å². The Morgan fingerprint density at radius 2 is 1.65 bits per heavy atom. The maximum Gasteiger partial charge on any atom is 0.257 e. The number of nitrogens with one attached hydrogen (secondary N) is 1. The highest BCUT2D eigenvalue weighted by atomic mass is 16.5. The fourth-order valence-corrected chi connectivity index (χ4v) is 3.90. The Morgan fingerprint density at radius 3 is 2.21 bits per heavy atom. The minimum absolute atomic E-state index is 0.274. The van der Waals surface area contributed by atoms with Crippen LogP contribution in [0.5, 0.6) is 17.2 Å². The number of fused-ring (bicyclic) bond motifs is 2. The zero-order chi connectivity index (χ0) is 24.4. The summed E-state index contributed by atoms with van der Waals surface area (Å²) in [6.45, 7) is 4.91. The number of para-hydroxylation sites is 2. The molecule has 1 amide bonds. The van der Waals surface area contributed by atoms with E-state index in [1.165, 1.54) is 0 Å². The van der Waals surface area contributed by atoms with Gasteiger partial charge in [-0.15, -0.1) is 0 Å². The van der Waals surface area contributed by atoms with E-state index >= 15 is 0 Å². The molecule has 0 saturated heterocycles. The SMILES string of the molecule is COc1cc(Cn2c(N)c(C(=O)NCC(C)C)c3nc4ccccc4nc32)cc(OC)c1OC. The van der Waals surface area contributed by atoms with Crippen molar-refractivity contribution in [2.75, 3.05) is 33.6 Å². The summed E-state index contributed by atoms with van der Waals surface area (Å²) in [4.78, 5) is 22.7. The zero-order valence-corrected chi connectivity index (χ0v) is 20.0. The average Bonchev–Trinajstić information content (AvgIpc) is 3.10. The van der Waals surface area contributed by atoms with Crippen LogP contribution in [0, 0.1) is 5.92 Å². The van der Waals surface area contributed by atoms with Crippen molar-refractivity contribution >= 4 is 33.9 Å². The third kappa shape index (κ3) is 4.16. The second-order valence-corrected chi connectivity index (χ2v) is 8.37. The number of nitrogens with zero attached hydrogens (tertiary/aromatic N) is 3. The number of rotatable bonds is 8. The third-order valence-electron chi connectivity index (χ3n) is 5.55. The number of anilines is 1. The first kappa shape index (κ1) is 23.2. The van der Waals surface area contributed by atoms with Gasteiger partial charge in [-0.1, -0.05) is 26.0 Å². The Hall–Kier alpha value is -4.01. The van der Waals surface area contributed by atoms with E-state index in [9.17, 15) is 4.79 Å². The van der Waals surface area contributed by atoms with Crippen LogP contribution >= 0.6 is 0 Å². The molecule has 34 heavy (non-hydrogen) atoms. The summed E-state index contributed by atoms with van der Waals surface area (Å²) in [6.07, 6.45) is 0. The fraction of sp³-hybridized carbons (Fsp3) is 0.320. The van der Waals surface area contributed by atoms with E-state index in [4.69, 9.17) is 29.9 Å². The van der Waals surface area contributed by atoms with Crippen LogP contribution in [0.3, 0.4) is 0 Å². The summed E-state index contributed by atoms with van der Waals surface area (Å²) in [6, 6.07) is 11.2. The molecule has 0 bridgehead atoms. The van der Waals surface area contributed by atoms with Crippen LogP contribution in [0.15, 0.2) is 36.4 Å². The molecule has 3 N–H and O–H groups in total. The molecule has 0 radical (unpaired) electrons. The fourth-order valence-electron chi connectivity index (χ4n) is 3.90. The van der Waals surface area contributed by atoms with Gasteiger partial charge in [-0.05, 0) is 35.7 Å². The molecule has 178 valence electrons. The Balaban J connectivity index is 1.89. The van der Waals surface area contributed by atoms with Gasteiger partial charge in [0.25, 0.3) is 5.91 Å².